The van der Waals surface area contributed by atoms with Crippen molar-refractivity contribution in [1.29, 1.82) is 0 Å². The number of hydrogen-bond donors (Lipinski definition) is 5. The van der Waals surface area contributed by atoms with Gasteiger partial charge in [0.1, 0.15) is 0 Å². The third-order valence-corrected chi connectivity index (χ3v) is 4.65. The Bertz CT molecular complexity index is 276. The van der Waals surface area contributed by atoms with E-state index in [0.29, 0.717) is 13.1 Å². The zero-order valence-corrected chi connectivity index (χ0v) is 17.4. The van der Waals surface area contributed by atoms with Gasteiger partial charge in [-0.1, -0.05) is 13.8 Å². The Balaban J connectivity index is 3.90. The Morgan fingerprint density at radius 1 is 0.500 bits per heavy atom. The third-order valence-electron chi connectivity index (χ3n) is 4.65. The highest BCUT2D eigenvalue weighted by Gasteiger charge is 2.07. The molecule has 26 heavy (non-hydrogen) atoms. The molecular weight excluding hydrogens is 328 g/mol. The van der Waals surface area contributed by atoms with Crippen molar-refractivity contribution in [3.05, 3.63) is 0 Å². The van der Waals surface area contributed by atoms with Crippen LogP contribution in [0.25, 0.3) is 0 Å². The number of nitrogens with zero attached hydrogens (tertiary/aromatic N) is 3. The first kappa shape index (κ1) is 25.7. The second-order valence-corrected chi connectivity index (χ2v) is 6.58. The molecule has 0 aliphatic rings. The normalized spacial score (nSPS) is 12.0. The molecule has 0 radical (unpaired) electrons. The molecule has 0 amide bonds. The van der Waals surface area contributed by atoms with Gasteiger partial charge in [-0.05, 0) is 13.1 Å². The predicted molar refractivity (Wildman–Crippen MR) is 114 cm³/mol. The van der Waals surface area contributed by atoms with E-state index < -0.39 is 0 Å². The minimum atomic E-state index is 0.687. The standard InChI is InChI=1S/C18H46N8/c1-3-24(4-2)17-18-26(13-7-21)16-11-23-10-15-25(12-6-20)14-9-22-8-5-19/h22-23H,3-21H2,1-2H3. The molecule has 0 aliphatic carbocycles. The highest BCUT2D eigenvalue weighted by molar-refractivity contribution is 4.66. The molecular formula is C18H46N8. The molecule has 158 valence electrons. The monoisotopic (exact) mass is 374 g/mol. The number of likely N-dealkylation sites (N-methyl/N-ethyl adjacent to an activating group) is 1. The van der Waals surface area contributed by atoms with E-state index in [4.69, 9.17) is 17.2 Å². The van der Waals surface area contributed by atoms with Crippen molar-refractivity contribution in [1.82, 2.24) is 25.3 Å². The number of hydrogen-bond acceptors (Lipinski definition) is 8. The molecule has 0 aliphatic heterocycles. The van der Waals surface area contributed by atoms with Crippen LogP contribution in [-0.4, -0.2) is 119 Å². The van der Waals surface area contributed by atoms with Crippen LogP contribution in [0.4, 0.5) is 0 Å². The van der Waals surface area contributed by atoms with Crippen LogP contribution in [0.3, 0.4) is 0 Å². The van der Waals surface area contributed by atoms with Gasteiger partial charge in [-0.3, -0.25) is 9.80 Å². The van der Waals surface area contributed by atoms with Gasteiger partial charge in [-0.25, -0.2) is 0 Å². The minimum absolute atomic E-state index is 0.687. The SMILES string of the molecule is CCN(CC)CCN(CCN)CCNCCN(CCN)CCNCCN. The van der Waals surface area contributed by atoms with Gasteiger partial charge in [-0.15, -0.1) is 0 Å². The van der Waals surface area contributed by atoms with Gasteiger partial charge < -0.3 is 32.7 Å². The second kappa shape index (κ2) is 19.4. The van der Waals surface area contributed by atoms with Crippen molar-refractivity contribution >= 4 is 0 Å². The van der Waals surface area contributed by atoms with Gasteiger partial charge in [0.2, 0.25) is 0 Å². The fourth-order valence-corrected chi connectivity index (χ4v) is 2.92. The summed E-state index contributed by atoms with van der Waals surface area (Å²) in [6.45, 7) is 19.8. The lowest BCUT2D eigenvalue weighted by atomic mass is 10.4. The molecule has 0 saturated heterocycles. The molecule has 0 rings (SSSR count). The Morgan fingerprint density at radius 3 is 1.35 bits per heavy atom. The Labute approximate surface area is 161 Å². The number of rotatable bonds is 20. The highest BCUT2D eigenvalue weighted by Crippen LogP contribution is 1.92. The van der Waals surface area contributed by atoms with E-state index in [-0.39, 0.29) is 0 Å². The molecule has 8 N–H and O–H groups in total. The van der Waals surface area contributed by atoms with Gasteiger partial charge in [-0.2, -0.15) is 0 Å². The zero-order valence-electron chi connectivity index (χ0n) is 17.4. The summed E-state index contributed by atoms with van der Waals surface area (Å²) < 4.78 is 0. The molecule has 0 aromatic heterocycles. The number of nitrogens with two attached hydrogens (primary N) is 3. The molecule has 8 nitrogen and oxygen atoms in total. The van der Waals surface area contributed by atoms with Crippen molar-refractivity contribution in [3.8, 4) is 0 Å². The van der Waals surface area contributed by atoms with Crippen molar-refractivity contribution in [2.24, 2.45) is 17.2 Å². The Kier molecular flexibility index (Phi) is 19.2. The van der Waals surface area contributed by atoms with Crippen LogP contribution in [0.1, 0.15) is 13.8 Å². The minimum Gasteiger partial charge on any atom is -0.329 e. The largest absolute Gasteiger partial charge is 0.329 e. The van der Waals surface area contributed by atoms with Gasteiger partial charge in [0.15, 0.2) is 0 Å². The lowest BCUT2D eigenvalue weighted by Crippen LogP contribution is -2.43. The van der Waals surface area contributed by atoms with E-state index in [1.165, 1.54) is 0 Å². The lowest BCUT2D eigenvalue weighted by Gasteiger charge is -2.26. The van der Waals surface area contributed by atoms with Crippen LogP contribution < -0.4 is 27.8 Å². The summed E-state index contributed by atoms with van der Waals surface area (Å²) in [5.74, 6) is 0. The molecule has 0 aromatic carbocycles. The van der Waals surface area contributed by atoms with Crippen LogP contribution >= 0.6 is 0 Å². The summed E-state index contributed by atoms with van der Waals surface area (Å²) in [6, 6.07) is 0. The first-order chi connectivity index (χ1) is 12.7. The zero-order chi connectivity index (χ0) is 19.5. The quantitative estimate of drug-likeness (QED) is 0.155. The van der Waals surface area contributed by atoms with Gasteiger partial charge in [0.05, 0.1) is 0 Å². The van der Waals surface area contributed by atoms with Crippen LogP contribution in [0.2, 0.25) is 0 Å². The predicted octanol–water partition coefficient (Wildman–Crippen LogP) is -2.01. The molecule has 0 saturated carbocycles. The average molecular weight is 375 g/mol. The van der Waals surface area contributed by atoms with Gasteiger partial charge in [0.25, 0.3) is 0 Å². The molecule has 0 atom stereocenters. The molecule has 0 bridgehead atoms. The molecule has 0 unspecified atom stereocenters. The fraction of sp³-hybridized carbons (Fsp3) is 1.00. The highest BCUT2D eigenvalue weighted by atomic mass is 15.2. The first-order valence-electron chi connectivity index (χ1n) is 10.4. The summed E-state index contributed by atoms with van der Waals surface area (Å²) in [6.07, 6.45) is 0. The number of nitrogens with one attached hydrogen (secondary N) is 2. The fourth-order valence-electron chi connectivity index (χ4n) is 2.92. The topological polar surface area (TPSA) is 112 Å². The van der Waals surface area contributed by atoms with Crippen molar-refractivity contribution in [2.75, 3.05) is 105 Å². The maximum Gasteiger partial charge on any atom is 0.0110 e. The molecule has 0 spiro atoms. The van der Waals surface area contributed by atoms with Crippen LogP contribution in [-0.2, 0) is 0 Å². The lowest BCUT2D eigenvalue weighted by molar-refractivity contribution is 0.216. The third kappa shape index (κ3) is 14.8. The smallest absolute Gasteiger partial charge is 0.0110 e. The average Bonchev–Trinajstić information content (AvgIpc) is 2.65. The first-order valence-corrected chi connectivity index (χ1v) is 10.4. The van der Waals surface area contributed by atoms with E-state index in [0.717, 1.165) is 91.6 Å². The van der Waals surface area contributed by atoms with Crippen LogP contribution in [0.15, 0.2) is 0 Å². The molecule has 8 heteroatoms. The Morgan fingerprint density at radius 2 is 0.923 bits per heavy atom. The molecule has 0 aromatic rings. The summed E-state index contributed by atoms with van der Waals surface area (Å²) in [5.41, 5.74) is 17.0. The maximum atomic E-state index is 5.76. The van der Waals surface area contributed by atoms with Crippen molar-refractivity contribution in [2.45, 2.75) is 13.8 Å². The maximum absolute atomic E-state index is 5.76. The van der Waals surface area contributed by atoms with E-state index in [1.807, 2.05) is 0 Å². The van der Waals surface area contributed by atoms with Crippen molar-refractivity contribution < 1.29 is 0 Å². The summed E-state index contributed by atoms with van der Waals surface area (Å²) >= 11 is 0. The summed E-state index contributed by atoms with van der Waals surface area (Å²) in [5, 5.41) is 6.90. The van der Waals surface area contributed by atoms with Crippen LogP contribution in [0.5, 0.6) is 0 Å². The van der Waals surface area contributed by atoms with E-state index >= 15 is 0 Å². The Hall–Kier alpha value is -0.320. The molecule has 0 heterocycles. The molecule has 0 fully saturated rings. The van der Waals surface area contributed by atoms with E-state index in [9.17, 15) is 0 Å². The van der Waals surface area contributed by atoms with E-state index in [1.54, 1.807) is 0 Å². The van der Waals surface area contributed by atoms with Crippen LogP contribution in [0, 0.1) is 0 Å². The van der Waals surface area contributed by atoms with Gasteiger partial charge in [0, 0.05) is 91.6 Å². The van der Waals surface area contributed by atoms with Crippen molar-refractivity contribution in [3.63, 3.8) is 0 Å². The van der Waals surface area contributed by atoms with E-state index in [2.05, 4.69) is 39.2 Å². The van der Waals surface area contributed by atoms with Gasteiger partial charge >= 0.3 is 0 Å². The summed E-state index contributed by atoms with van der Waals surface area (Å²) in [7, 11) is 0. The summed E-state index contributed by atoms with van der Waals surface area (Å²) in [4.78, 5) is 7.31. The second-order valence-electron chi connectivity index (χ2n) is 6.58.